The molecule has 0 radical (unpaired) electrons. The van der Waals surface area contributed by atoms with E-state index < -0.39 is 20.3 Å². The van der Waals surface area contributed by atoms with E-state index in [1.807, 2.05) is 0 Å². The van der Waals surface area contributed by atoms with Crippen molar-refractivity contribution in [1.29, 1.82) is 0 Å². The van der Waals surface area contributed by atoms with Gasteiger partial charge < -0.3 is 9.53 Å². The zero-order valence-corrected chi connectivity index (χ0v) is 20.3. The fraction of sp³-hybridized carbons (Fsp3) is 0.833. The first kappa shape index (κ1) is 27.9. The van der Waals surface area contributed by atoms with Crippen molar-refractivity contribution >= 4 is 20.3 Å². The van der Waals surface area contributed by atoms with E-state index in [2.05, 4.69) is 20.8 Å². The fourth-order valence-electron chi connectivity index (χ4n) is 3.85. The lowest BCUT2D eigenvalue weighted by atomic mass is 10.1. The average molecular weight is 427 g/mol. The van der Waals surface area contributed by atoms with Gasteiger partial charge in [-0.25, -0.2) is 9.59 Å². The Labute approximate surface area is 180 Å². The number of unbranched alkanes of at least 4 members (excludes halogenated alkanes) is 11. The van der Waals surface area contributed by atoms with Crippen molar-refractivity contribution in [3.05, 3.63) is 12.2 Å². The molecule has 0 aromatic carbocycles. The van der Waals surface area contributed by atoms with Crippen molar-refractivity contribution in [3.8, 4) is 0 Å². The molecule has 0 saturated heterocycles. The molecule has 0 amide bonds. The highest BCUT2D eigenvalue weighted by Gasteiger charge is 2.36. The van der Waals surface area contributed by atoms with Crippen LogP contribution in [0.25, 0.3) is 0 Å². The summed E-state index contributed by atoms with van der Waals surface area (Å²) in [4.78, 5) is 22.9. The minimum absolute atomic E-state index is 0.460. The topological polar surface area (TPSA) is 63.6 Å². The minimum Gasteiger partial charge on any atom is -0.516 e. The Morgan fingerprint density at radius 1 is 0.655 bits per heavy atom. The smallest absolute Gasteiger partial charge is 0.328 e. The highest BCUT2D eigenvalue weighted by Crippen LogP contribution is 2.30. The standard InChI is InChI=1S/C24H46O4Si/c1-4-7-10-11-12-13-14-15-16-17-22-29(20-8-5-2,21-9-6-3)28-24(27)19-18-23(25)26/h18-19H,4-17,20-22H2,1-3H3,(H,25,26)/b19-18-. The van der Waals surface area contributed by atoms with Gasteiger partial charge in [0.05, 0.1) is 0 Å². The van der Waals surface area contributed by atoms with Crippen LogP contribution in [0.1, 0.15) is 111 Å². The van der Waals surface area contributed by atoms with E-state index in [1.165, 1.54) is 57.8 Å². The molecule has 0 aliphatic carbocycles. The molecule has 0 atom stereocenters. The predicted octanol–water partition coefficient (Wildman–Crippen LogP) is 7.64. The minimum atomic E-state index is -2.16. The average Bonchev–Trinajstić information content (AvgIpc) is 2.70. The van der Waals surface area contributed by atoms with Gasteiger partial charge in [-0.2, -0.15) is 0 Å². The molecule has 0 rings (SSSR count). The summed E-state index contributed by atoms with van der Waals surface area (Å²) in [6, 6.07) is 3.04. The summed E-state index contributed by atoms with van der Waals surface area (Å²) in [7, 11) is -2.16. The second-order valence-electron chi connectivity index (χ2n) is 8.41. The van der Waals surface area contributed by atoms with Gasteiger partial charge in [0.15, 0.2) is 0 Å². The molecule has 170 valence electrons. The summed E-state index contributed by atoms with van der Waals surface area (Å²) in [5, 5.41) is 8.76. The van der Waals surface area contributed by atoms with Crippen molar-refractivity contribution < 1.29 is 19.1 Å². The molecule has 0 bridgehead atoms. The Balaban J connectivity index is 4.51. The van der Waals surface area contributed by atoms with Crippen LogP contribution in [0.15, 0.2) is 12.2 Å². The molecule has 0 unspecified atom stereocenters. The molecule has 5 heteroatoms. The van der Waals surface area contributed by atoms with Gasteiger partial charge in [-0.3, -0.25) is 0 Å². The maximum Gasteiger partial charge on any atom is 0.328 e. The molecule has 0 aromatic heterocycles. The van der Waals surface area contributed by atoms with E-state index in [9.17, 15) is 9.59 Å². The number of carboxylic acids is 1. The van der Waals surface area contributed by atoms with Crippen molar-refractivity contribution in [1.82, 2.24) is 0 Å². The van der Waals surface area contributed by atoms with Crippen molar-refractivity contribution in [2.24, 2.45) is 0 Å². The van der Waals surface area contributed by atoms with Crippen LogP contribution in [0.3, 0.4) is 0 Å². The first-order valence-electron chi connectivity index (χ1n) is 12.1. The third-order valence-corrected chi connectivity index (χ3v) is 10.1. The van der Waals surface area contributed by atoms with Crippen LogP contribution in [-0.2, 0) is 14.0 Å². The summed E-state index contributed by atoms with van der Waals surface area (Å²) in [6.45, 7) is 6.60. The fourth-order valence-corrected chi connectivity index (χ4v) is 8.29. The molecule has 0 aliphatic rings. The third kappa shape index (κ3) is 16.4. The monoisotopic (exact) mass is 426 g/mol. The third-order valence-electron chi connectivity index (χ3n) is 5.64. The molecule has 0 spiro atoms. The molecular weight excluding hydrogens is 380 g/mol. The summed E-state index contributed by atoms with van der Waals surface area (Å²) < 4.78 is 6.03. The normalized spacial score (nSPS) is 11.8. The molecular formula is C24H46O4Si. The lowest BCUT2D eigenvalue weighted by Gasteiger charge is -2.31. The summed E-state index contributed by atoms with van der Waals surface area (Å²) in [5.41, 5.74) is 0. The van der Waals surface area contributed by atoms with E-state index >= 15 is 0 Å². The van der Waals surface area contributed by atoms with Gasteiger partial charge in [0.1, 0.15) is 0 Å². The van der Waals surface area contributed by atoms with E-state index in [0.29, 0.717) is 0 Å². The molecule has 0 aliphatic heterocycles. The lowest BCUT2D eigenvalue weighted by Crippen LogP contribution is -2.40. The Bertz CT molecular complexity index is 440. The maximum absolute atomic E-state index is 12.2. The highest BCUT2D eigenvalue weighted by atomic mass is 28.4. The van der Waals surface area contributed by atoms with Crippen LogP contribution in [-0.4, -0.2) is 25.4 Å². The van der Waals surface area contributed by atoms with Crippen molar-refractivity contribution in [3.63, 3.8) is 0 Å². The van der Waals surface area contributed by atoms with Gasteiger partial charge in [0.25, 0.3) is 8.32 Å². The van der Waals surface area contributed by atoms with E-state index in [1.54, 1.807) is 0 Å². The SMILES string of the molecule is CCCCCCCCCCCC[Si](CCCC)(CCCC)OC(=O)/C=C\C(=O)O. The Morgan fingerprint density at radius 2 is 1.07 bits per heavy atom. The van der Waals surface area contributed by atoms with Gasteiger partial charge in [-0.1, -0.05) is 111 Å². The maximum atomic E-state index is 12.2. The number of hydrogen-bond acceptors (Lipinski definition) is 3. The molecule has 0 heterocycles. The van der Waals surface area contributed by atoms with Gasteiger partial charge in [-0.05, 0) is 18.1 Å². The van der Waals surface area contributed by atoms with Crippen LogP contribution in [0.2, 0.25) is 18.1 Å². The van der Waals surface area contributed by atoms with Crippen LogP contribution in [0.4, 0.5) is 0 Å². The highest BCUT2D eigenvalue weighted by molar-refractivity contribution is 6.75. The first-order valence-corrected chi connectivity index (χ1v) is 14.7. The van der Waals surface area contributed by atoms with Gasteiger partial charge >= 0.3 is 11.9 Å². The van der Waals surface area contributed by atoms with Crippen LogP contribution in [0, 0.1) is 0 Å². The second-order valence-corrected chi connectivity index (χ2v) is 12.5. The lowest BCUT2D eigenvalue weighted by molar-refractivity contribution is -0.133. The number of rotatable bonds is 20. The van der Waals surface area contributed by atoms with Gasteiger partial charge in [-0.15, -0.1) is 0 Å². The van der Waals surface area contributed by atoms with Crippen LogP contribution in [0.5, 0.6) is 0 Å². The van der Waals surface area contributed by atoms with Crippen LogP contribution >= 0.6 is 0 Å². The first-order chi connectivity index (χ1) is 14.0. The largest absolute Gasteiger partial charge is 0.516 e. The molecule has 29 heavy (non-hydrogen) atoms. The number of carboxylic acid groups (broad SMARTS) is 1. The van der Waals surface area contributed by atoms with Gasteiger partial charge in [0.2, 0.25) is 0 Å². The Kier molecular flexibility index (Phi) is 18.2. The summed E-state index contributed by atoms with van der Waals surface area (Å²) in [5.74, 6) is -1.57. The van der Waals surface area contributed by atoms with Crippen molar-refractivity contribution in [2.45, 2.75) is 129 Å². The quantitative estimate of drug-likeness (QED) is 0.123. The number of carbonyl (C=O) groups is 2. The van der Waals surface area contributed by atoms with E-state index in [0.717, 1.165) is 62.4 Å². The Morgan fingerprint density at radius 3 is 1.52 bits per heavy atom. The summed E-state index contributed by atoms with van der Waals surface area (Å²) >= 11 is 0. The zero-order chi connectivity index (χ0) is 21.8. The molecule has 4 nitrogen and oxygen atoms in total. The second kappa shape index (κ2) is 18.9. The Hall–Kier alpha value is -1.10. The number of carbonyl (C=O) groups excluding carboxylic acids is 1. The molecule has 0 aromatic rings. The van der Waals surface area contributed by atoms with E-state index in [4.69, 9.17) is 9.53 Å². The molecule has 0 saturated carbocycles. The van der Waals surface area contributed by atoms with Crippen LogP contribution < -0.4 is 0 Å². The van der Waals surface area contributed by atoms with E-state index in [-0.39, 0.29) is 0 Å². The van der Waals surface area contributed by atoms with Crippen molar-refractivity contribution in [2.75, 3.05) is 0 Å². The molecule has 1 N–H and O–H groups in total. The molecule has 0 fully saturated rings. The number of hydrogen-bond donors (Lipinski definition) is 1. The summed E-state index contributed by atoms with van der Waals surface area (Å²) in [6.07, 6.45) is 19.4. The predicted molar refractivity (Wildman–Crippen MR) is 125 cm³/mol. The van der Waals surface area contributed by atoms with Gasteiger partial charge in [0, 0.05) is 12.2 Å². The zero-order valence-electron chi connectivity index (χ0n) is 19.3. The number of aliphatic carboxylic acids is 1.